The highest BCUT2D eigenvalue weighted by Gasteiger charge is 2.12. The number of aliphatic hydroxyl groups is 1. The van der Waals surface area contributed by atoms with Crippen molar-refractivity contribution in [2.24, 2.45) is 0 Å². The number of rotatable bonds is 5. The van der Waals surface area contributed by atoms with Crippen LogP contribution in [0.1, 0.15) is 17.2 Å². The molecule has 0 radical (unpaired) electrons. The Morgan fingerprint density at radius 3 is 2.60 bits per heavy atom. The summed E-state index contributed by atoms with van der Waals surface area (Å²) in [4.78, 5) is 12.1. The minimum atomic E-state index is -0.505. The van der Waals surface area contributed by atoms with Gasteiger partial charge in [0.15, 0.2) is 0 Å². The number of hydrogen-bond acceptors (Lipinski definition) is 2. The maximum atomic E-state index is 13.1. The Morgan fingerprint density at radius 2 is 1.84 bits per heavy atom. The molecule has 0 bridgehead atoms. The molecule has 0 aliphatic heterocycles. The summed E-state index contributed by atoms with van der Waals surface area (Å²) in [5, 5.41) is 14.5. The van der Waals surface area contributed by atoms with E-state index >= 15 is 0 Å². The molecule has 4 heteroatoms. The zero-order valence-corrected chi connectivity index (χ0v) is 13.5. The van der Waals surface area contributed by atoms with Gasteiger partial charge in [-0.25, -0.2) is 4.39 Å². The summed E-state index contributed by atoms with van der Waals surface area (Å²) in [5.41, 5.74) is 1.43. The molecule has 0 saturated heterocycles. The third-order valence-corrected chi connectivity index (χ3v) is 3.95. The first-order valence-corrected chi connectivity index (χ1v) is 7.99. The molecule has 0 fully saturated rings. The second-order valence-electron chi connectivity index (χ2n) is 5.74. The van der Waals surface area contributed by atoms with Crippen molar-refractivity contribution in [3.8, 4) is 0 Å². The zero-order chi connectivity index (χ0) is 17.6. The van der Waals surface area contributed by atoms with Crippen LogP contribution in [0.3, 0.4) is 0 Å². The number of hydrogen-bond donors (Lipinski definition) is 2. The number of amides is 1. The molecular weight excluding hydrogens is 317 g/mol. The normalized spacial score (nSPS) is 12.4. The largest absolute Gasteiger partial charge is 0.394 e. The SMILES string of the molecule is O=C(/C=C/c1cccc(F)c1)NC(CO)c1ccc2ccccc2c1. The molecule has 1 unspecified atom stereocenters. The van der Waals surface area contributed by atoms with Crippen LogP contribution < -0.4 is 5.32 Å². The molecule has 0 heterocycles. The Kier molecular flexibility index (Phi) is 5.21. The van der Waals surface area contributed by atoms with Crippen molar-refractivity contribution < 1.29 is 14.3 Å². The van der Waals surface area contributed by atoms with Crippen LogP contribution in [-0.4, -0.2) is 17.6 Å². The lowest BCUT2D eigenvalue weighted by atomic mass is 10.0. The van der Waals surface area contributed by atoms with Crippen molar-refractivity contribution in [1.29, 1.82) is 0 Å². The van der Waals surface area contributed by atoms with Gasteiger partial charge in [0, 0.05) is 6.08 Å². The minimum Gasteiger partial charge on any atom is -0.394 e. The van der Waals surface area contributed by atoms with E-state index in [9.17, 15) is 14.3 Å². The third-order valence-electron chi connectivity index (χ3n) is 3.95. The fourth-order valence-electron chi connectivity index (χ4n) is 2.66. The Morgan fingerprint density at radius 1 is 1.04 bits per heavy atom. The van der Waals surface area contributed by atoms with Crippen molar-refractivity contribution >= 4 is 22.8 Å². The number of benzene rings is 3. The Balaban J connectivity index is 1.73. The van der Waals surface area contributed by atoms with Crippen LogP contribution in [0, 0.1) is 5.82 Å². The molecule has 0 aliphatic carbocycles. The summed E-state index contributed by atoms with van der Waals surface area (Å²) in [5.74, 6) is -0.705. The number of fused-ring (bicyclic) bond motifs is 1. The standard InChI is InChI=1S/C21H18FNO2/c22-19-7-3-4-15(12-19)8-11-21(25)23-20(14-24)18-10-9-16-5-1-2-6-17(16)13-18/h1-13,20,24H,14H2,(H,23,25)/b11-8+. The highest BCUT2D eigenvalue weighted by molar-refractivity contribution is 5.92. The lowest BCUT2D eigenvalue weighted by Gasteiger charge is -2.16. The first-order valence-electron chi connectivity index (χ1n) is 7.99. The quantitative estimate of drug-likeness (QED) is 0.696. The highest BCUT2D eigenvalue weighted by Crippen LogP contribution is 2.20. The molecule has 0 aliphatic rings. The smallest absolute Gasteiger partial charge is 0.244 e. The number of carbonyl (C=O) groups excluding carboxylic acids is 1. The fourth-order valence-corrected chi connectivity index (χ4v) is 2.66. The molecule has 1 amide bonds. The van der Waals surface area contributed by atoms with Gasteiger partial charge in [-0.15, -0.1) is 0 Å². The lowest BCUT2D eigenvalue weighted by molar-refractivity contribution is -0.117. The average Bonchev–Trinajstić information content (AvgIpc) is 2.64. The zero-order valence-electron chi connectivity index (χ0n) is 13.5. The molecule has 0 saturated carbocycles. The minimum absolute atomic E-state index is 0.210. The van der Waals surface area contributed by atoms with E-state index < -0.39 is 6.04 Å². The van der Waals surface area contributed by atoms with Crippen LogP contribution in [0.2, 0.25) is 0 Å². The summed E-state index contributed by atoms with van der Waals surface area (Å²) >= 11 is 0. The molecule has 3 aromatic rings. The molecule has 126 valence electrons. The van der Waals surface area contributed by atoms with Crippen LogP contribution in [0.25, 0.3) is 16.8 Å². The summed E-state index contributed by atoms with van der Waals surface area (Å²) in [6.07, 6.45) is 2.87. The van der Waals surface area contributed by atoms with Gasteiger partial charge < -0.3 is 10.4 Å². The number of carbonyl (C=O) groups is 1. The van der Waals surface area contributed by atoms with Crippen molar-refractivity contribution in [2.75, 3.05) is 6.61 Å². The van der Waals surface area contributed by atoms with Gasteiger partial charge in [-0.1, -0.05) is 48.5 Å². The van der Waals surface area contributed by atoms with Gasteiger partial charge in [0.2, 0.25) is 5.91 Å². The van der Waals surface area contributed by atoms with Crippen LogP contribution in [0.5, 0.6) is 0 Å². The van der Waals surface area contributed by atoms with Crippen LogP contribution in [0.4, 0.5) is 4.39 Å². The summed E-state index contributed by atoms with van der Waals surface area (Å²) < 4.78 is 13.1. The van der Waals surface area contributed by atoms with E-state index in [0.717, 1.165) is 16.3 Å². The second-order valence-corrected chi connectivity index (χ2v) is 5.74. The third kappa shape index (κ3) is 4.31. The van der Waals surface area contributed by atoms with Crippen LogP contribution >= 0.6 is 0 Å². The van der Waals surface area contributed by atoms with Crippen molar-refractivity contribution in [3.63, 3.8) is 0 Å². The second kappa shape index (κ2) is 7.73. The first-order chi connectivity index (χ1) is 12.2. The van der Waals surface area contributed by atoms with Crippen molar-refractivity contribution in [2.45, 2.75) is 6.04 Å². The first kappa shape index (κ1) is 16.9. The van der Waals surface area contributed by atoms with Crippen LogP contribution in [0.15, 0.2) is 72.8 Å². The van der Waals surface area contributed by atoms with Gasteiger partial charge in [-0.05, 0) is 46.2 Å². The number of aliphatic hydroxyl groups excluding tert-OH is 1. The lowest BCUT2D eigenvalue weighted by Crippen LogP contribution is -2.29. The van der Waals surface area contributed by atoms with E-state index in [2.05, 4.69) is 5.32 Å². The Hall–Kier alpha value is -2.98. The fraction of sp³-hybridized carbons (Fsp3) is 0.0952. The van der Waals surface area contributed by atoms with E-state index in [1.807, 2.05) is 42.5 Å². The molecule has 3 nitrogen and oxygen atoms in total. The van der Waals surface area contributed by atoms with Crippen molar-refractivity contribution in [3.05, 3.63) is 89.8 Å². The van der Waals surface area contributed by atoms with E-state index in [-0.39, 0.29) is 18.3 Å². The molecule has 3 aromatic carbocycles. The molecule has 0 spiro atoms. The summed E-state index contributed by atoms with van der Waals surface area (Å²) in [7, 11) is 0. The molecule has 2 N–H and O–H groups in total. The van der Waals surface area contributed by atoms with Crippen LogP contribution in [-0.2, 0) is 4.79 Å². The molecular formula is C21H18FNO2. The monoisotopic (exact) mass is 335 g/mol. The Labute approximate surface area is 145 Å². The summed E-state index contributed by atoms with van der Waals surface area (Å²) in [6.45, 7) is -0.210. The topological polar surface area (TPSA) is 49.3 Å². The molecule has 0 aromatic heterocycles. The van der Waals surface area contributed by atoms with E-state index in [4.69, 9.17) is 0 Å². The number of nitrogens with one attached hydrogen (secondary N) is 1. The van der Waals surface area contributed by atoms with Gasteiger partial charge >= 0.3 is 0 Å². The van der Waals surface area contributed by atoms with Gasteiger partial charge in [0.1, 0.15) is 5.82 Å². The van der Waals surface area contributed by atoms with Gasteiger partial charge in [-0.3, -0.25) is 4.79 Å². The highest BCUT2D eigenvalue weighted by atomic mass is 19.1. The predicted octanol–water partition coefficient (Wildman–Crippen LogP) is 3.84. The van der Waals surface area contributed by atoms with E-state index in [1.165, 1.54) is 24.3 Å². The number of halogens is 1. The van der Waals surface area contributed by atoms with Crippen molar-refractivity contribution in [1.82, 2.24) is 5.32 Å². The van der Waals surface area contributed by atoms with Gasteiger partial charge in [0.25, 0.3) is 0 Å². The van der Waals surface area contributed by atoms with Gasteiger partial charge in [-0.2, -0.15) is 0 Å². The van der Waals surface area contributed by atoms with E-state index in [1.54, 1.807) is 12.1 Å². The molecule has 25 heavy (non-hydrogen) atoms. The maximum Gasteiger partial charge on any atom is 0.244 e. The molecule has 3 rings (SSSR count). The maximum absolute atomic E-state index is 13.1. The molecule has 1 atom stereocenters. The van der Waals surface area contributed by atoms with E-state index in [0.29, 0.717) is 5.56 Å². The Bertz CT molecular complexity index is 920. The van der Waals surface area contributed by atoms with Gasteiger partial charge in [0.05, 0.1) is 12.6 Å². The summed E-state index contributed by atoms with van der Waals surface area (Å²) in [6, 6.07) is 19.2. The average molecular weight is 335 g/mol. The predicted molar refractivity (Wildman–Crippen MR) is 97.4 cm³/mol.